The second kappa shape index (κ2) is 16.5. The molecule has 37 heavy (non-hydrogen) atoms. The molecule has 3 aromatic rings. The second-order valence-electron chi connectivity index (χ2n) is 9.48. The van der Waals surface area contributed by atoms with Gasteiger partial charge in [-0.3, -0.25) is 4.79 Å². The number of nitrogens with one attached hydrogen (secondary N) is 1. The van der Waals surface area contributed by atoms with Gasteiger partial charge in [-0.1, -0.05) is 62.2 Å². The fourth-order valence-electron chi connectivity index (χ4n) is 2.84. The summed E-state index contributed by atoms with van der Waals surface area (Å²) in [6.07, 6.45) is 4.75. The van der Waals surface area contributed by atoms with Gasteiger partial charge in [0.15, 0.2) is 5.82 Å². The summed E-state index contributed by atoms with van der Waals surface area (Å²) in [6.45, 7) is 14.7. The van der Waals surface area contributed by atoms with Gasteiger partial charge >= 0.3 is 0 Å². The van der Waals surface area contributed by atoms with Crippen molar-refractivity contribution in [3.63, 3.8) is 0 Å². The number of aryl methyl sites for hydroxylation is 1. The molecule has 9 heteroatoms. The topological polar surface area (TPSA) is 89.4 Å². The standard InChI is InChI=1S/C14H18ClN5O.C11H16.C2H6O.CH2O/c1-9(2)19(4)14(21)10-6-18-20(8-10)13-12(16-3)5-11(15)7-17-13;1-9-5-7-10(8-6-9)11(2,3)4;1-3-2;1-2/h5-9,16H,1-4H3;5-8H,1-4H3;1-2H3;1H2. The van der Waals surface area contributed by atoms with Gasteiger partial charge in [0.1, 0.15) is 6.79 Å². The van der Waals surface area contributed by atoms with Gasteiger partial charge in [-0.05, 0) is 37.8 Å². The number of hydrogen-bond acceptors (Lipinski definition) is 6. The number of anilines is 1. The van der Waals surface area contributed by atoms with Crippen LogP contribution in [0.1, 0.15) is 56.1 Å². The van der Waals surface area contributed by atoms with Crippen LogP contribution in [0, 0.1) is 6.92 Å². The summed E-state index contributed by atoms with van der Waals surface area (Å²) < 4.78 is 5.81. The molecule has 0 aliphatic rings. The summed E-state index contributed by atoms with van der Waals surface area (Å²) >= 11 is 5.92. The summed E-state index contributed by atoms with van der Waals surface area (Å²) in [5, 5.41) is 7.76. The molecule has 0 spiro atoms. The van der Waals surface area contributed by atoms with Crippen LogP contribution in [-0.2, 0) is 14.9 Å². The van der Waals surface area contributed by atoms with E-state index < -0.39 is 0 Å². The van der Waals surface area contributed by atoms with Crippen LogP contribution in [0.4, 0.5) is 5.69 Å². The van der Waals surface area contributed by atoms with E-state index in [-0.39, 0.29) is 17.4 Å². The Morgan fingerprint density at radius 1 is 1.14 bits per heavy atom. The van der Waals surface area contributed by atoms with Crippen LogP contribution in [0.2, 0.25) is 5.02 Å². The quantitative estimate of drug-likeness (QED) is 0.456. The number of hydrogen-bond donors (Lipinski definition) is 1. The van der Waals surface area contributed by atoms with Gasteiger partial charge in [-0.25, -0.2) is 9.67 Å². The largest absolute Gasteiger partial charge is 0.388 e. The molecule has 2 aromatic heterocycles. The summed E-state index contributed by atoms with van der Waals surface area (Å²) in [6, 6.07) is 10.6. The maximum absolute atomic E-state index is 12.3. The zero-order chi connectivity index (χ0) is 28.8. The van der Waals surface area contributed by atoms with Gasteiger partial charge in [0, 0.05) is 46.8 Å². The van der Waals surface area contributed by atoms with E-state index in [2.05, 4.69) is 72.1 Å². The number of carbonyl (C=O) groups excluding carboxylic acids is 2. The Kier molecular flexibility index (Phi) is 15.1. The molecule has 0 aliphatic heterocycles. The second-order valence-corrected chi connectivity index (χ2v) is 9.92. The number of rotatable bonds is 4. The van der Waals surface area contributed by atoms with E-state index in [4.69, 9.17) is 16.4 Å². The third kappa shape index (κ3) is 11.1. The Labute approximate surface area is 227 Å². The Hall–Kier alpha value is -3.23. The van der Waals surface area contributed by atoms with E-state index in [9.17, 15) is 4.79 Å². The lowest BCUT2D eigenvalue weighted by molar-refractivity contribution is -0.0980. The average molecular weight is 532 g/mol. The van der Waals surface area contributed by atoms with E-state index in [0.717, 1.165) is 5.69 Å². The summed E-state index contributed by atoms with van der Waals surface area (Å²) in [7, 11) is 6.79. The molecule has 3 rings (SSSR count). The summed E-state index contributed by atoms with van der Waals surface area (Å²) in [5.41, 5.74) is 4.28. The van der Waals surface area contributed by atoms with Crippen molar-refractivity contribution in [2.24, 2.45) is 0 Å². The van der Waals surface area contributed by atoms with E-state index in [0.29, 0.717) is 16.4 Å². The molecule has 0 aliphatic carbocycles. The Morgan fingerprint density at radius 2 is 1.68 bits per heavy atom. The van der Waals surface area contributed by atoms with E-state index in [1.807, 2.05) is 20.6 Å². The highest BCUT2D eigenvalue weighted by Gasteiger charge is 2.17. The number of benzene rings is 1. The molecule has 8 nitrogen and oxygen atoms in total. The predicted octanol–water partition coefficient (Wildman–Crippen LogP) is 5.81. The van der Waals surface area contributed by atoms with Crippen LogP contribution in [0.3, 0.4) is 0 Å². The first-order valence-electron chi connectivity index (χ1n) is 11.8. The first kappa shape index (κ1) is 33.8. The molecule has 1 N–H and O–H groups in total. The summed E-state index contributed by atoms with van der Waals surface area (Å²) in [5.74, 6) is 0.518. The number of ether oxygens (including phenoxy) is 1. The molecule has 2 heterocycles. The minimum atomic E-state index is -0.0729. The van der Waals surface area contributed by atoms with Crippen molar-refractivity contribution in [3.8, 4) is 5.82 Å². The van der Waals surface area contributed by atoms with Gasteiger partial charge in [0.2, 0.25) is 0 Å². The van der Waals surface area contributed by atoms with Crippen molar-refractivity contribution in [1.82, 2.24) is 19.7 Å². The maximum Gasteiger partial charge on any atom is 0.257 e. The van der Waals surface area contributed by atoms with Crippen LogP contribution in [0.5, 0.6) is 0 Å². The van der Waals surface area contributed by atoms with Gasteiger partial charge in [-0.2, -0.15) is 5.10 Å². The van der Waals surface area contributed by atoms with Gasteiger partial charge in [0.05, 0.1) is 22.5 Å². The SMILES string of the molecule is C=O.CNc1cc(Cl)cnc1-n1cc(C(=O)N(C)C(C)C)cn1.COC.Cc1ccc(C(C)(C)C)cc1. The molecule has 0 radical (unpaired) electrons. The van der Waals surface area contributed by atoms with Crippen LogP contribution in [0.15, 0.2) is 48.9 Å². The molecule has 204 valence electrons. The zero-order valence-electron chi connectivity index (χ0n) is 23.8. The monoisotopic (exact) mass is 531 g/mol. The highest BCUT2D eigenvalue weighted by molar-refractivity contribution is 6.30. The molecule has 1 aromatic carbocycles. The number of carbonyl (C=O) groups is 2. The normalized spacial score (nSPS) is 10.2. The van der Waals surface area contributed by atoms with Crippen molar-refractivity contribution in [2.75, 3.05) is 33.6 Å². The molecule has 0 unspecified atom stereocenters. The van der Waals surface area contributed by atoms with Gasteiger partial charge < -0.3 is 19.7 Å². The van der Waals surface area contributed by atoms with Crippen LogP contribution in [0.25, 0.3) is 5.82 Å². The zero-order valence-corrected chi connectivity index (χ0v) is 24.6. The van der Waals surface area contributed by atoms with Crippen LogP contribution in [-0.4, -0.2) is 66.7 Å². The van der Waals surface area contributed by atoms with Crippen LogP contribution >= 0.6 is 11.6 Å². The molecule has 0 bridgehead atoms. The first-order valence-corrected chi connectivity index (χ1v) is 12.1. The lowest BCUT2D eigenvalue weighted by Gasteiger charge is -2.20. The molecule has 1 amide bonds. The highest BCUT2D eigenvalue weighted by atomic mass is 35.5. The van der Waals surface area contributed by atoms with E-state index in [1.165, 1.54) is 17.3 Å². The minimum absolute atomic E-state index is 0.0729. The summed E-state index contributed by atoms with van der Waals surface area (Å²) in [4.78, 5) is 26.2. The third-order valence-corrected chi connectivity index (χ3v) is 5.37. The molecular formula is C28H42ClN5O3. The van der Waals surface area contributed by atoms with E-state index in [1.54, 1.807) is 56.4 Å². The number of nitrogens with zero attached hydrogens (tertiary/aromatic N) is 4. The Morgan fingerprint density at radius 3 is 2.14 bits per heavy atom. The number of aromatic nitrogens is 3. The predicted molar refractivity (Wildman–Crippen MR) is 153 cm³/mol. The smallest absolute Gasteiger partial charge is 0.257 e. The van der Waals surface area contributed by atoms with Crippen molar-refractivity contribution >= 4 is 30.0 Å². The van der Waals surface area contributed by atoms with Gasteiger partial charge in [-0.15, -0.1) is 0 Å². The third-order valence-electron chi connectivity index (χ3n) is 5.16. The Bertz CT molecular complexity index is 1080. The highest BCUT2D eigenvalue weighted by Crippen LogP contribution is 2.22. The van der Waals surface area contributed by atoms with Crippen molar-refractivity contribution < 1.29 is 14.3 Å². The lowest BCUT2D eigenvalue weighted by atomic mass is 9.87. The number of pyridine rings is 1. The molecule has 0 saturated heterocycles. The number of halogens is 1. The molecule has 0 fully saturated rings. The maximum atomic E-state index is 12.3. The van der Waals surface area contributed by atoms with Crippen molar-refractivity contribution in [2.45, 2.75) is 53.0 Å². The molecule has 0 atom stereocenters. The van der Waals surface area contributed by atoms with E-state index >= 15 is 0 Å². The minimum Gasteiger partial charge on any atom is -0.388 e. The van der Waals surface area contributed by atoms with Gasteiger partial charge in [0.25, 0.3) is 5.91 Å². The van der Waals surface area contributed by atoms with Crippen molar-refractivity contribution in [1.29, 1.82) is 0 Å². The molecular weight excluding hydrogens is 490 g/mol. The van der Waals surface area contributed by atoms with Crippen molar-refractivity contribution in [3.05, 3.63) is 70.6 Å². The molecule has 0 saturated carbocycles. The Balaban J connectivity index is 0.000000679. The fraction of sp³-hybridized carbons (Fsp3) is 0.429. The first-order chi connectivity index (χ1) is 17.3. The fourth-order valence-corrected chi connectivity index (χ4v) is 3.00. The van der Waals surface area contributed by atoms with Crippen LogP contribution < -0.4 is 5.32 Å². The lowest BCUT2D eigenvalue weighted by Crippen LogP contribution is -2.32. The number of methoxy groups -OCH3 is 1. The number of amides is 1. The average Bonchev–Trinajstić information content (AvgIpc) is 3.35.